The van der Waals surface area contributed by atoms with E-state index >= 15 is 0 Å². The van der Waals surface area contributed by atoms with Crippen LogP contribution in [0.2, 0.25) is 0 Å². The lowest BCUT2D eigenvalue weighted by molar-refractivity contribution is 0.553. The summed E-state index contributed by atoms with van der Waals surface area (Å²) < 4.78 is 1.45. The number of H-pyrrole nitrogens is 2. The van der Waals surface area contributed by atoms with Crippen LogP contribution in [-0.4, -0.2) is 19.5 Å². The molecule has 0 fully saturated rings. The summed E-state index contributed by atoms with van der Waals surface area (Å²) in [6, 6.07) is 0. The molecule has 0 radical (unpaired) electrons. The minimum absolute atomic E-state index is 0.194. The molecule has 6 nitrogen and oxygen atoms in total. The predicted octanol–water partition coefficient (Wildman–Crippen LogP) is 0.730. The second kappa shape index (κ2) is 3.58. The van der Waals surface area contributed by atoms with Crippen molar-refractivity contribution < 1.29 is 0 Å². The first kappa shape index (κ1) is 11.6. The van der Waals surface area contributed by atoms with Gasteiger partial charge in [0.25, 0.3) is 5.56 Å². The number of nitrogens with one attached hydrogen (secondary N) is 2. The molecule has 2 aromatic heterocycles. The van der Waals surface area contributed by atoms with Crippen LogP contribution in [0.4, 0.5) is 0 Å². The van der Waals surface area contributed by atoms with Crippen molar-refractivity contribution in [3.8, 4) is 0 Å². The highest BCUT2D eigenvalue weighted by atomic mass is 16.2. The largest absolute Gasteiger partial charge is 0.336 e. The van der Waals surface area contributed by atoms with E-state index in [0.717, 1.165) is 0 Å². The van der Waals surface area contributed by atoms with Crippen molar-refractivity contribution in [2.24, 2.45) is 0 Å². The zero-order valence-corrected chi connectivity index (χ0v) is 10.4. The summed E-state index contributed by atoms with van der Waals surface area (Å²) in [5, 5.41) is 0. The molecule has 2 rings (SSSR count). The number of hydrogen-bond acceptors (Lipinski definition) is 3. The molecule has 0 spiro atoms. The molecule has 0 unspecified atom stereocenters. The van der Waals surface area contributed by atoms with Crippen LogP contribution in [0, 0.1) is 0 Å². The van der Waals surface area contributed by atoms with Crippen LogP contribution in [0.3, 0.4) is 0 Å². The normalized spacial score (nSPS) is 12.2. The SMILES string of the molecule is CCn1c(=O)[nH]c(=O)c2[nH]c(C(C)(C)C)nc21. The molecule has 0 aromatic carbocycles. The van der Waals surface area contributed by atoms with E-state index in [9.17, 15) is 9.59 Å². The van der Waals surface area contributed by atoms with E-state index in [1.165, 1.54) is 4.57 Å². The van der Waals surface area contributed by atoms with Crippen LogP contribution in [0.1, 0.15) is 33.5 Å². The Balaban J connectivity index is 2.90. The van der Waals surface area contributed by atoms with Crippen molar-refractivity contribution in [1.82, 2.24) is 19.5 Å². The third kappa shape index (κ3) is 1.79. The fraction of sp³-hybridized carbons (Fsp3) is 0.545. The maximum absolute atomic E-state index is 11.7. The Morgan fingerprint density at radius 3 is 2.41 bits per heavy atom. The van der Waals surface area contributed by atoms with Gasteiger partial charge in [0.1, 0.15) is 11.3 Å². The molecule has 6 heteroatoms. The number of imidazole rings is 1. The Kier molecular flexibility index (Phi) is 2.45. The van der Waals surface area contributed by atoms with Crippen LogP contribution >= 0.6 is 0 Å². The van der Waals surface area contributed by atoms with Crippen molar-refractivity contribution >= 4 is 11.2 Å². The summed E-state index contributed by atoms with van der Waals surface area (Å²) in [6.07, 6.45) is 0. The van der Waals surface area contributed by atoms with Gasteiger partial charge in [-0.25, -0.2) is 9.78 Å². The fourth-order valence-electron chi connectivity index (χ4n) is 1.69. The second-order valence-electron chi connectivity index (χ2n) is 5.04. The molecule has 0 aliphatic rings. The molecule has 92 valence electrons. The van der Waals surface area contributed by atoms with E-state index in [-0.39, 0.29) is 5.41 Å². The summed E-state index contributed by atoms with van der Waals surface area (Å²) in [6.45, 7) is 8.29. The van der Waals surface area contributed by atoms with Gasteiger partial charge in [-0.3, -0.25) is 14.3 Å². The van der Waals surface area contributed by atoms with E-state index in [0.29, 0.717) is 23.5 Å². The van der Waals surface area contributed by atoms with Gasteiger partial charge >= 0.3 is 5.69 Å². The number of nitrogens with zero attached hydrogens (tertiary/aromatic N) is 2. The number of aryl methyl sites for hydroxylation is 1. The molecule has 0 saturated carbocycles. The minimum atomic E-state index is -0.419. The van der Waals surface area contributed by atoms with Crippen molar-refractivity contribution in [3.63, 3.8) is 0 Å². The van der Waals surface area contributed by atoms with Gasteiger partial charge in [-0.05, 0) is 6.92 Å². The van der Waals surface area contributed by atoms with E-state index < -0.39 is 11.2 Å². The standard InChI is InChI=1S/C11H16N4O2/c1-5-15-7-6(8(16)14-10(15)17)12-9(13-7)11(2,3)4/h5H2,1-4H3,(H,12,13)(H,14,16,17). The zero-order chi connectivity index (χ0) is 12.8. The third-order valence-corrected chi connectivity index (χ3v) is 2.66. The highest BCUT2D eigenvalue weighted by Gasteiger charge is 2.20. The molecule has 2 heterocycles. The van der Waals surface area contributed by atoms with E-state index in [1.807, 2.05) is 27.7 Å². The van der Waals surface area contributed by atoms with Crippen molar-refractivity contribution in [2.45, 2.75) is 39.7 Å². The smallest absolute Gasteiger partial charge is 0.330 e. The topological polar surface area (TPSA) is 83.5 Å². The number of fused-ring (bicyclic) bond motifs is 1. The fourth-order valence-corrected chi connectivity index (χ4v) is 1.69. The van der Waals surface area contributed by atoms with Gasteiger partial charge in [0.05, 0.1) is 0 Å². The average Bonchev–Trinajstić information content (AvgIpc) is 2.62. The van der Waals surface area contributed by atoms with E-state index in [1.54, 1.807) is 0 Å². The second-order valence-corrected chi connectivity index (χ2v) is 5.04. The number of rotatable bonds is 1. The first-order chi connectivity index (χ1) is 7.84. The summed E-state index contributed by atoms with van der Waals surface area (Å²) in [4.78, 5) is 32.9. The molecule has 2 aromatic rings. The number of aromatic nitrogens is 4. The third-order valence-electron chi connectivity index (χ3n) is 2.66. The zero-order valence-electron chi connectivity index (χ0n) is 10.4. The Morgan fingerprint density at radius 2 is 1.88 bits per heavy atom. The van der Waals surface area contributed by atoms with E-state index in [2.05, 4.69) is 15.0 Å². The average molecular weight is 236 g/mol. The molecular weight excluding hydrogens is 220 g/mol. The van der Waals surface area contributed by atoms with Gasteiger partial charge in [-0.15, -0.1) is 0 Å². The van der Waals surface area contributed by atoms with Crippen LogP contribution in [0.5, 0.6) is 0 Å². The lowest BCUT2D eigenvalue weighted by Crippen LogP contribution is -2.29. The molecule has 0 amide bonds. The quantitative estimate of drug-likeness (QED) is 0.765. The molecule has 2 N–H and O–H groups in total. The van der Waals surface area contributed by atoms with Gasteiger partial charge in [-0.2, -0.15) is 0 Å². The maximum atomic E-state index is 11.7. The Hall–Kier alpha value is -1.85. The lowest BCUT2D eigenvalue weighted by atomic mass is 9.96. The van der Waals surface area contributed by atoms with E-state index in [4.69, 9.17) is 0 Å². The first-order valence-corrected chi connectivity index (χ1v) is 5.58. The molecule has 0 aliphatic heterocycles. The number of hydrogen-bond donors (Lipinski definition) is 2. The molecule has 17 heavy (non-hydrogen) atoms. The van der Waals surface area contributed by atoms with Gasteiger partial charge in [-0.1, -0.05) is 20.8 Å². The van der Waals surface area contributed by atoms with Crippen molar-refractivity contribution in [1.29, 1.82) is 0 Å². The van der Waals surface area contributed by atoms with Gasteiger partial charge in [0.2, 0.25) is 0 Å². The Labute approximate surface area is 97.7 Å². The first-order valence-electron chi connectivity index (χ1n) is 5.58. The van der Waals surface area contributed by atoms with Crippen molar-refractivity contribution in [3.05, 3.63) is 26.7 Å². The number of aromatic amines is 2. The molecular formula is C11H16N4O2. The summed E-state index contributed by atoms with van der Waals surface area (Å²) in [7, 11) is 0. The van der Waals surface area contributed by atoms with Gasteiger partial charge < -0.3 is 4.98 Å². The Morgan fingerprint density at radius 1 is 1.24 bits per heavy atom. The van der Waals surface area contributed by atoms with Crippen LogP contribution in [0.15, 0.2) is 9.59 Å². The monoisotopic (exact) mass is 236 g/mol. The van der Waals surface area contributed by atoms with Gasteiger partial charge in [0.15, 0.2) is 5.65 Å². The van der Waals surface area contributed by atoms with Crippen molar-refractivity contribution in [2.75, 3.05) is 0 Å². The summed E-state index contributed by atoms with van der Waals surface area (Å²) in [5.74, 6) is 0.700. The Bertz CT molecular complexity index is 669. The maximum Gasteiger partial charge on any atom is 0.330 e. The highest BCUT2D eigenvalue weighted by molar-refractivity contribution is 5.69. The molecule has 0 saturated heterocycles. The predicted molar refractivity (Wildman–Crippen MR) is 65.3 cm³/mol. The minimum Gasteiger partial charge on any atom is -0.336 e. The van der Waals surface area contributed by atoms with Crippen LogP contribution in [-0.2, 0) is 12.0 Å². The van der Waals surface area contributed by atoms with Crippen LogP contribution < -0.4 is 11.2 Å². The highest BCUT2D eigenvalue weighted by Crippen LogP contribution is 2.20. The van der Waals surface area contributed by atoms with Crippen LogP contribution in [0.25, 0.3) is 11.2 Å². The molecule has 0 bridgehead atoms. The lowest BCUT2D eigenvalue weighted by Gasteiger charge is -2.13. The summed E-state index contributed by atoms with van der Waals surface area (Å²) in [5.41, 5.74) is -0.253. The molecule has 0 atom stereocenters. The summed E-state index contributed by atoms with van der Waals surface area (Å²) >= 11 is 0. The van der Waals surface area contributed by atoms with Gasteiger partial charge in [0, 0.05) is 12.0 Å². The molecule has 0 aliphatic carbocycles.